The number of hydrogen-bond donors (Lipinski definition) is 0. The maximum Gasteiger partial charge on any atom is 1.00 e. The zero-order valence-corrected chi connectivity index (χ0v) is 9.18. The zero-order chi connectivity index (χ0) is 10.8. The van der Waals surface area contributed by atoms with Gasteiger partial charge in [0.1, 0.15) is 5.97 Å². The van der Waals surface area contributed by atoms with Crippen LogP contribution in [0, 0.1) is 0 Å². The second kappa shape index (κ2) is 5.02. The minimum atomic E-state index is -1.26. The Kier molecular flexibility index (Phi) is 3.94. The third-order valence-corrected chi connectivity index (χ3v) is 2.24. The molecule has 2 rings (SSSR count). The Morgan fingerprint density at radius 2 is 1.94 bits per heavy atom. The molecule has 0 fully saturated rings. The molecule has 0 aliphatic heterocycles. The smallest absolute Gasteiger partial charge is 0.542 e. The third kappa shape index (κ3) is 2.18. The summed E-state index contributed by atoms with van der Waals surface area (Å²) in [4.78, 5) is 14.5. The molecular formula is C11H9LiN2O2. The van der Waals surface area contributed by atoms with Gasteiger partial charge in [0.15, 0.2) is 5.82 Å². The van der Waals surface area contributed by atoms with Gasteiger partial charge in [-0.3, -0.25) is 0 Å². The number of imidazole rings is 1. The molecule has 1 aromatic heterocycles. The summed E-state index contributed by atoms with van der Waals surface area (Å²) in [5.74, 6) is -1.33. The van der Waals surface area contributed by atoms with Gasteiger partial charge >= 0.3 is 18.9 Å². The van der Waals surface area contributed by atoms with Gasteiger partial charge in [0, 0.05) is 7.05 Å². The van der Waals surface area contributed by atoms with Crippen molar-refractivity contribution in [2.24, 2.45) is 7.05 Å². The van der Waals surface area contributed by atoms with Crippen LogP contribution in [0.4, 0.5) is 0 Å². The number of carboxylic acids is 1. The molecule has 0 N–H and O–H groups in total. The SMILES string of the molecule is Cn1c(-c2ccccc2)cnc1C(=O)[O-].[Li+]. The molecule has 0 spiro atoms. The van der Waals surface area contributed by atoms with Gasteiger partial charge < -0.3 is 14.5 Å². The number of benzene rings is 1. The van der Waals surface area contributed by atoms with Gasteiger partial charge in [-0.15, -0.1) is 0 Å². The summed E-state index contributed by atoms with van der Waals surface area (Å²) < 4.78 is 1.50. The Morgan fingerprint density at radius 1 is 1.31 bits per heavy atom. The third-order valence-electron chi connectivity index (χ3n) is 2.24. The summed E-state index contributed by atoms with van der Waals surface area (Å²) in [5, 5.41) is 10.7. The fourth-order valence-electron chi connectivity index (χ4n) is 1.48. The average Bonchev–Trinajstić information content (AvgIpc) is 2.61. The monoisotopic (exact) mass is 208 g/mol. The van der Waals surface area contributed by atoms with E-state index >= 15 is 0 Å². The van der Waals surface area contributed by atoms with E-state index in [0.717, 1.165) is 11.3 Å². The summed E-state index contributed by atoms with van der Waals surface area (Å²) in [5.41, 5.74) is 1.69. The van der Waals surface area contributed by atoms with Crippen LogP contribution in [0.2, 0.25) is 0 Å². The van der Waals surface area contributed by atoms with Crippen LogP contribution in [0.1, 0.15) is 10.6 Å². The van der Waals surface area contributed by atoms with Crippen molar-refractivity contribution in [3.63, 3.8) is 0 Å². The van der Waals surface area contributed by atoms with Crippen molar-refractivity contribution in [3.8, 4) is 11.3 Å². The quantitative estimate of drug-likeness (QED) is 0.511. The van der Waals surface area contributed by atoms with Crippen LogP contribution in [-0.4, -0.2) is 15.5 Å². The van der Waals surface area contributed by atoms with E-state index in [9.17, 15) is 9.90 Å². The zero-order valence-electron chi connectivity index (χ0n) is 9.18. The number of rotatable bonds is 2. The Labute approximate surface area is 105 Å². The number of aromatic carboxylic acids is 1. The molecule has 5 heteroatoms. The average molecular weight is 208 g/mol. The van der Waals surface area contributed by atoms with E-state index in [1.165, 1.54) is 10.8 Å². The molecule has 0 bridgehead atoms. The van der Waals surface area contributed by atoms with Gasteiger partial charge in [0.05, 0.1) is 11.9 Å². The molecule has 0 atom stereocenters. The van der Waals surface area contributed by atoms with E-state index in [1.807, 2.05) is 30.3 Å². The van der Waals surface area contributed by atoms with Crippen LogP contribution in [-0.2, 0) is 7.05 Å². The minimum Gasteiger partial charge on any atom is -0.542 e. The maximum atomic E-state index is 10.7. The predicted molar refractivity (Wildman–Crippen MR) is 53.0 cm³/mol. The Bertz CT molecular complexity index is 494. The van der Waals surface area contributed by atoms with Gasteiger partial charge in [-0.1, -0.05) is 30.3 Å². The number of aromatic nitrogens is 2. The molecule has 4 nitrogen and oxygen atoms in total. The van der Waals surface area contributed by atoms with Crippen molar-refractivity contribution < 1.29 is 28.8 Å². The van der Waals surface area contributed by atoms with Crippen molar-refractivity contribution in [1.82, 2.24) is 9.55 Å². The molecule has 0 aliphatic carbocycles. The van der Waals surface area contributed by atoms with Crippen LogP contribution >= 0.6 is 0 Å². The molecule has 0 amide bonds. The largest absolute Gasteiger partial charge is 1.00 e. The van der Waals surface area contributed by atoms with E-state index in [1.54, 1.807) is 7.05 Å². The van der Waals surface area contributed by atoms with Crippen molar-refractivity contribution in [2.45, 2.75) is 0 Å². The van der Waals surface area contributed by atoms with E-state index < -0.39 is 5.97 Å². The summed E-state index contributed by atoms with van der Waals surface area (Å²) in [6, 6.07) is 9.48. The van der Waals surface area contributed by atoms with Crippen LogP contribution in [0.3, 0.4) is 0 Å². The van der Waals surface area contributed by atoms with Gasteiger partial charge in [0.25, 0.3) is 0 Å². The molecule has 2 aromatic rings. The molecule has 0 aliphatic rings. The second-order valence-corrected chi connectivity index (χ2v) is 3.18. The molecule has 76 valence electrons. The number of carbonyl (C=O) groups excluding carboxylic acids is 1. The molecule has 1 heterocycles. The first kappa shape index (κ1) is 12.6. The van der Waals surface area contributed by atoms with E-state index in [-0.39, 0.29) is 24.7 Å². The second-order valence-electron chi connectivity index (χ2n) is 3.18. The van der Waals surface area contributed by atoms with E-state index in [2.05, 4.69) is 4.98 Å². The first-order chi connectivity index (χ1) is 7.20. The maximum absolute atomic E-state index is 10.7. The molecule has 0 unspecified atom stereocenters. The predicted octanol–water partition coefficient (Wildman–Crippen LogP) is -2.55. The van der Waals surface area contributed by atoms with Gasteiger partial charge in [0.2, 0.25) is 0 Å². The Morgan fingerprint density at radius 3 is 2.44 bits per heavy atom. The molecule has 0 saturated carbocycles. The van der Waals surface area contributed by atoms with E-state index in [4.69, 9.17) is 0 Å². The van der Waals surface area contributed by atoms with Gasteiger partial charge in [-0.25, -0.2) is 4.98 Å². The van der Waals surface area contributed by atoms with Crippen LogP contribution in [0.25, 0.3) is 11.3 Å². The van der Waals surface area contributed by atoms with Crippen LogP contribution in [0.5, 0.6) is 0 Å². The number of carbonyl (C=O) groups is 1. The van der Waals surface area contributed by atoms with Crippen LogP contribution in [0.15, 0.2) is 36.5 Å². The summed E-state index contributed by atoms with van der Waals surface area (Å²) >= 11 is 0. The summed E-state index contributed by atoms with van der Waals surface area (Å²) in [6.07, 6.45) is 1.53. The molecule has 0 radical (unpaired) electrons. The van der Waals surface area contributed by atoms with Crippen molar-refractivity contribution in [2.75, 3.05) is 0 Å². The van der Waals surface area contributed by atoms with Crippen LogP contribution < -0.4 is 24.0 Å². The molecule has 16 heavy (non-hydrogen) atoms. The van der Waals surface area contributed by atoms with Crippen molar-refractivity contribution in [3.05, 3.63) is 42.4 Å². The Balaban J connectivity index is 0.00000128. The molecule has 1 aromatic carbocycles. The van der Waals surface area contributed by atoms with Crippen molar-refractivity contribution >= 4 is 5.97 Å². The van der Waals surface area contributed by atoms with E-state index in [0.29, 0.717) is 0 Å². The minimum absolute atomic E-state index is 0. The van der Waals surface area contributed by atoms with Gasteiger partial charge in [-0.2, -0.15) is 0 Å². The first-order valence-electron chi connectivity index (χ1n) is 4.48. The number of carboxylic acid groups (broad SMARTS) is 1. The number of nitrogens with zero attached hydrogens (tertiary/aromatic N) is 2. The molecule has 0 saturated heterocycles. The normalized spacial score (nSPS) is 9.56. The summed E-state index contributed by atoms with van der Waals surface area (Å²) in [7, 11) is 1.65. The summed E-state index contributed by atoms with van der Waals surface area (Å²) in [6.45, 7) is 0. The van der Waals surface area contributed by atoms with Crippen molar-refractivity contribution in [1.29, 1.82) is 0 Å². The number of hydrogen-bond acceptors (Lipinski definition) is 3. The standard InChI is InChI=1S/C11H10N2O2.Li/c1-13-9(7-12-10(13)11(14)15)8-5-3-2-4-6-8;/h2-7H,1H3,(H,14,15);/q;+1/p-1. The topological polar surface area (TPSA) is 58.0 Å². The van der Waals surface area contributed by atoms with Gasteiger partial charge in [-0.05, 0) is 5.56 Å². The first-order valence-corrected chi connectivity index (χ1v) is 4.48. The fraction of sp³-hybridized carbons (Fsp3) is 0.0909. The Hall–Kier alpha value is -1.50. The fourth-order valence-corrected chi connectivity index (χ4v) is 1.48. The molecular weight excluding hydrogens is 199 g/mol.